The molecule has 0 N–H and O–H groups in total. The number of hydrogen-bond donors (Lipinski definition) is 0. The SMILES string of the molecule is COC(=O)c1ccc2nc(Cc3ccc(Br)c(F)c3)n([C@@H]3COCC3(C)C)c2c1. The summed E-state index contributed by atoms with van der Waals surface area (Å²) in [5.74, 6) is 0.119. The molecule has 29 heavy (non-hydrogen) atoms. The summed E-state index contributed by atoms with van der Waals surface area (Å²) < 4.78 is 27.3. The molecule has 0 saturated carbocycles. The van der Waals surface area contributed by atoms with E-state index in [1.807, 2.05) is 18.2 Å². The van der Waals surface area contributed by atoms with Crippen molar-refractivity contribution >= 4 is 32.9 Å². The molecule has 1 aliphatic heterocycles. The van der Waals surface area contributed by atoms with Crippen molar-refractivity contribution in [1.29, 1.82) is 0 Å². The fourth-order valence-corrected chi connectivity index (χ4v) is 4.12. The van der Waals surface area contributed by atoms with Crippen LogP contribution in [0.3, 0.4) is 0 Å². The maximum Gasteiger partial charge on any atom is 0.337 e. The first-order valence-corrected chi connectivity index (χ1v) is 10.2. The zero-order valence-electron chi connectivity index (χ0n) is 16.5. The summed E-state index contributed by atoms with van der Waals surface area (Å²) in [7, 11) is 1.37. The van der Waals surface area contributed by atoms with E-state index in [4.69, 9.17) is 14.5 Å². The minimum Gasteiger partial charge on any atom is -0.465 e. The number of hydrogen-bond acceptors (Lipinski definition) is 4. The molecule has 0 unspecified atom stereocenters. The van der Waals surface area contributed by atoms with E-state index >= 15 is 0 Å². The van der Waals surface area contributed by atoms with Gasteiger partial charge in [-0.1, -0.05) is 19.9 Å². The smallest absolute Gasteiger partial charge is 0.337 e. The van der Waals surface area contributed by atoms with Gasteiger partial charge in [-0.05, 0) is 51.8 Å². The maximum atomic E-state index is 14.0. The Labute approximate surface area is 177 Å². The van der Waals surface area contributed by atoms with Gasteiger partial charge in [-0.2, -0.15) is 0 Å². The number of esters is 1. The Morgan fingerprint density at radius 3 is 2.79 bits per heavy atom. The van der Waals surface area contributed by atoms with E-state index in [9.17, 15) is 9.18 Å². The van der Waals surface area contributed by atoms with E-state index in [2.05, 4.69) is 34.3 Å². The third-order valence-electron chi connectivity index (χ3n) is 5.49. The van der Waals surface area contributed by atoms with Crippen molar-refractivity contribution < 1.29 is 18.7 Å². The minimum absolute atomic E-state index is 0.0516. The van der Waals surface area contributed by atoms with Crippen molar-refractivity contribution in [3.8, 4) is 0 Å². The largest absolute Gasteiger partial charge is 0.465 e. The first kappa shape index (κ1) is 20.0. The number of carbonyl (C=O) groups excluding carboxylic acids is 1. The molecule has 7 heteroatoms. The first-order chi connectivity index (χ1) is 13.8. The van der Waals surface area contributed by atoms with Crippen LogP contribution in [0.15, 0.2) is 40.9 Å². The molecular weight excluding hydrogens is 439 g/mol. The lowest BCUT2D eigenvalue weighted by molar-refractivity contribution is 0.0601. The van der Waals surface area contributed by atoms with Gasteiger partial charge in [0, 0.05) is 11.8 Å². The van der Waals surface area contributed by atoms with Crippen LogP contribution in [0.4, 0.5) is 4.39 Å². The Balaban J connectivity index is 1.87. The maximum absolute atomic E-state index is 14.0. The topological polar surface area (TPSA) is 53.3 Å². The number of nitrogens with zero attached hydrogens (tertiary/aromatic N) is 2. The molecule has 2 heterocycles. The standard InChI is InChI=1S/C22H22BrFN2O3/c1-22(2)12-29-11-19(22)26-18-10-14(21(27)28-3)5-7-17(18)25-20(26)9-13-4-6-15(23)16(24)8-13/h4-8,10,19H,9,11-12H2,1-3H3/t19-/m1/s1. The molecule has 1 fully saturated rings. The highest BCUT2D eigenvalue weighted by Gasteiger charge is 2.39. The van der Waals surface area contributed by atoms with Crippen LogP contribution >= 0.6 is 15.9 Å². The monoisotopic (exact) mass is 460 g/mol. The highest BCUT2D eigenvalue weighted by atomic mass is 79.9. The lowest BCUT2D eigenvalue weighted by Crippen LogP contribution is -2.27. The van der Waals surface area contributed by atoms with Crippen molar-refractivity contribution in [1.82, 2.24) is 9.55 Å². The summed E-state index contributed by atoms with van der Waals surface area (Å²) in [6, 6.07) is 10.5. The number of carbonyl (C=O) groups is 1. The fraction of sp³-hybridized carbons (Fsp3) is 0.364. The second kappa shape index (κ2) is 7.54. The van der Waals surface area contributed by atoms with Crippen LogP contribution in [0, 0.1) is 11.2 Å². The van der Waals surface area contributed by atoms with Crippen LogP contribution in [-0.4, -0.2) is 35.8 Å². The number of rotatable bonds is 4. The summed E-state index contributed by atoms with van der Waals surface area (Å²) in [6.07, 6.45) is 0.471. The van der Waals surface area contributed by atoms with E-state index in [0.717, 1.165) is 22.4 Å². The van der Waals surface area contributed by atoms with Crippen molar-refractivity contribution in [2.45, 2.75) is 26.3 Å². The van der Waals surface area contributed by atoms with E-state index in [-0.39, 0.29) is 17.3 Å². The molecule has 1 atom stereocenters. The quantitative estimate of drug-likeness (QED) is 0.518. The fourth-order valence-electron chi connectivity index (χ4n) is 3.87. The second-order valence-electron chi connectivity index (χ2n) is 8.04. The molecule has 0 radical (unpaired) electrons. The summed E-state index contributed by atoms with van der Waals surface area (Å²) in [6.45, 7) is 5.51. The molecule has 1 saturated heterocycles. The molecule has 0 spiro atoms. The van der Waals surface area contributed by atoms with Gasteiger partial charge in [-0.25, -0.2) is 14.2 Å². The highest BCUT2D eigenvalue weighted by molar-refractivity contribution is 9.10. The molecule has 3 aromatic rings. The van der Waals surface area contributed by atoms with Gasteiger partial charge < -0.3 is 14.0 Å². The Bertz CT molecular complexity index is 1090. The molecule has 5 nitrogen and oxygen atoms in total. The second-order valence-corrected chi connectivity index (χ2v) is 8.89. The Kier molecular flexibility index (Phi) is 5.21. The van der Waals surface area contributed by atoms with Gasteiger partial charge in [-0.3, -0.25) is 0 Å². The predicted octanol–water partition coefficient (Wildman–Crippen LogP) is 4.91. The number of aromatic nitrogens is 2. The third-order valence-corrected chi connectivity index (χ3v) is 6.14. The van der Waals surface area contributed by atoms with Crippen molar-refractivity contribution in [3.05, 3.63) is 63.6 Å². The van der Waals surface area contributed by atoms with Gasteiger partial charge in [-0.15, -0.1) is 0 Å². The highest BCUT2D eigenvalue weighted by Crippen LogP contribution is 2.40. The number of ether oxygens (including phenoxy) is 2. The number of methoxy groups -OCH3 is 1. The van der Waals surface area contributed by atoms with E-state index in [1.54, 1.807) is 12.1 Å². The molecule has 2 aromatic carbocycles. The average Bonchev–Trinajstić information content (AvgIpc) is 3.21. The first-order valence-electron chi connectivity index (χ1n) is 9.41. The molecule has 152 valence electrons. The van der Waals surface area contributed by atoms with Crippen molar-refractivity contribution in [3.63, 3.8) is 0 Å². The van der Waals surface area contributed by atoms with Crippen LogP contribution < -0.4 is 0 Å². The Morgan fingerprint density at radius 2 is 2.14 bits per heavy atom. The van der Waals surface area contributed by atoms with Crippen LogP contribution in [0.2, 0.25) is 0 Å². The zero-order chi connectivity index (χ0) is 20.8. The zero-order valence-corrected chi connectivity index (χ0v) is 18.1. The lowest BCUT2D eigenvalue weighted by atomic mass is 9.87. The van der Waals surface area contributed by atoms with E-state index in [0.29, 0.717) is 29.7 Å². The average molecular weight is 461 g/mol. The molecule has 0 bridgehead atoms. The van der Waals surface area contributed by atoms with Gasteiger partial charge in [0.2, 0.25) is 0 Å². The Hall–Kier alpha value is -2.25. The minimum atomic E-state index is -0.391. The van der Waals surface area contributed by atoms with Gasteiger partial charge in [0.25, 0.3) is 0 Å². The number of fused-ring (bicyclic) bond motifs is 1. The normalized spacial score (nSPS) is 18.3. The summed E-state index contributed by atoms with van der Waals surface area (Å²) >= 11 is 3.20. The number of imidazole rings is 1. The molecular formula is C22H22BrFN2O3. The number of benzene rings is 2. The summed E-state index contributed by atoms with van der Waals surface area (Å²) in [4.78, 5) is 16.9. The van der Waals surface area contributed by atoms with Gasteiger partial charge in [0.15, 0.2) is 0 Å². The molecule has 0 aliphatic carbocycles. The van der Waals surface area contributed by atoms with Crippen molar-refractivity contribution in [2.75, 3.05) is 20.3 Å². The molecule has 1 aromatic heterocycles. The summed E-state index contributed by atoms with van der Waals surface area (Å²) in [5.41, 5.74) is 2.83. The van der Waals surface area contributed by atoms with Crippen LogP contribution in [0.5, 0.6) is 0 Å². The Morgan fingerprint density at radius 1 is 1.34 bits per heavy atom. The lowest BCUT2D eigenvalue weighted by Gasteiger charge is -2.28. The molecule has 1 aliphatic rings. The van der Waals surface area contributed by atoms with Crippen molar-refractivity contribution in [2.24, 2.45) is 5.41 Å². The van der Waals surface area contributed by atoms with Gasteiger partial charge >= 0.3 is 5.97 Å². The third kappa shape index (κ3) is 3.69. The van der Waals surface area contributed by atoms with Crippen LogP contribution in [-0.2, 0) is 15.9 Å². The van der Waals surface area contributed by atoms with Gasteiger partial charge in [0.05, 0.1) is 47.4 Å². The van der Waals surface area contributed by atoms with Gasteiger partial charge in [0.1, 0.15) is 11.6 Å². The molecule has 0 amide bonds. The number of halogens is 2. The van der Waals surface area contributed by atoms with Crippen LogP contribution in [0.1, 0.15) is 41.6 Å². The molecule has 4 rings (SSSR count). The summed E-state index contributed by atoms with van der Waals surface area (Å²) in [5, 5.41) is 0. The van der Waals surface area contributed by atoms with E-state index < -0.39 is 5.97 Å². The predicted molar refractivity (Wildman–Crippen MR) is 112 cm³/mol. The van der Waals surface area contributed by atoms with E-state index in [1.165, 1.54) is 13.2 Å². The van der Waals surface area contributed by atoms with Crippen LogP contribution in [0.25, 0.3) is 11.0 Å².